The Morgan fingerprint density at radius 3 is 2.74 bits per heavy atom. The number of H-pyrrole nitrogens is 1. The molecule has 0 saturated carbocycles. The van der Waals surface area contributed by atoms with Crippen molar-refractivity contribution in [2.75, 3.05) is 26.2 Å². The van der Waals surface area contributed by atoms with E-state index in [4.69, 9.17) is 0 Å². The summed E-state index contributed by atoms with van der Waals surface area (Å²) in [5.41, 5.74) is 1.37. The van der Waals surface area contributed by atoms with E-state index in [1.165, 1.54) is 0 Å². The Labute approximate surface area is 138 Å². The Bertz CT molecular complexity index is 545. The van der Waals surface area contributed by atoms with Crippen molar-refractivity contribution in [1.29, 1.82) is 0 Å². The molecule has 3 heterocycles. The quantitative estimate of drug-likeness (QED) is 0.925. The number of rotatable bonds is 4. The van der Waals surface area contributed by atoms with Gasteiger partial charge in [-0.25, -0.2) is 0 Å². The summed E-state index contributed by atoms with van der Waals surface area (Å²) < 4.78 is 0. The first-order chi connectivity index (χ1) is 11.1. The molecule has 2 aliphatic heterocycles. The molecular formula is C18H27N3O2. The first kappa shape index (κ1) is 16.1. The lowest BCUT2D eigenvalue weighted by atomic mass is 9.72. The Kier molecular flexibility index (Phi) is 4.74. The highest BCUT2D eigenvalue weighted by atomic mass is 16.2. The highest BCUT2D eigenvalue weighted by Crippen LogP contribution is 2.40. The van der Waals surface area contributed by atoms with Crippen LogP contribution in [0, 0.1) is 5.41 Å². The molecule has 2 amide bonds. The molecule has 3 rings (SSSR count). The van der Waals surface area contributed by atoms with Crippen molar-refractivity contribution in [3.63, 3.8) is 0 Å². The molecule has 1 N–H and O–H groups in total. The fourth-order valence-electron chi connectivity index (χ4n) is 3.95. The fourth-order valence-corrected chi connectivity index (χ4v) is 3.95. The van der Waals surface area contributed by atoms with Crippen LogP contribution in [0.3, 0.4) is 0 Å². The number of amides is 2. The molecule has 2 fully saturated rings. The third kappa shape index (κ3) is 3.59. The first-order valence-electron chi connectivity index (χ1n) is 8.80. The smallest absolute Gasteiger partial charge is 0.222 e. The maximum atomic E-state index is 12.4. The molecule has 5 nitrogen and oxygen atoms in total. The van der Waals surface area contributed by atoms with Crippen LogP contribution in [-0.2, 0) is 16.0 Å². The van der Waals surface area contributed by atoms with Crippen LogP contribution in [0.1, 0.15) is 44.7 Å². The molecule has 0 bridgehead atoms. The Morgan fingerprint density at radius 1 is 1.30 bits per heavy atom. The van der Waals surface area contributed by atoms with Crippen LogP contribution in [0.25, 0.3) is 0 Å². The predicted molar refractivity (Wildman–Crippen MR) is 88.8 cm³/mol. The molecule has 0 radical (unpaired) electrons. The summed E-state index contributed by atoms with van der Waals surface area (Å²) >= 11 is 0. The van der Waals surface area contributed by atoms with Gasteiger partial charge in [0, 0.05) is 50.9 Å². The van der Waals surface area contributed by atoms with E-state index in [0.29, 0.717) is 18.7 Å². The van der Waals surface area contributed by atoms with Crippen molar-refractivity contribution >= 4 is 11.8 Å². The molecule has 0 atom stereocenters. The number of piperidine rings is 2. The van der Waals surface area contributed by atoms with Crippen LogP contribution in [0.5, 0.6) is 0 Å². The summed E-state index contributed by atoms with van der Waals surface area (Å²) in [6, 6.07) is 3.99. The van der Waals surface area contributed by atoms with E-state index >= 15 is 0 Å². The summed E-state index contributed by atoms with van der Waals surface area (Å²) in [4.78, 5) is 31.4. The monoisotopic (exact) mass is 317 g/mol. The minimum absolute atomic E-state index is 0.250. The predicted octanol–water partition coefficient (Wildman–Crippen LogP) is 2.20. The van der Waals surface area contributed by atoms with Gasteiger partial charge in [0.1, 0.15) is 0 Å². The van der Waals surface area contributed by atoms with E-state index < -0.39 is 0 Å². The maximum Gasteiger partial charge on any atom is 0.222 e. The number of carbonyl (C=O) groups is 2. The zero-order valence-corrected chi connectivity index (χ0v) is 14.0. The van der Waals surface area contributed by atoms with E-state index in [2.05, 4.69) is 11.9 Å². The van der Waals surface area contributed by atoms with Crippen LogP contribution >= 0.6 is 0 Å². The van der Waals surface area contributed by atoms with Gasteiger partial charge in [-0.05, 0) is 50.2 Å². The number of likely N-dealkylation sites (tertiary alicyclic amines) is 2. The average molecular weight is 317 g/mol. The van der Waals surface area contributed by atoms with Crippen LogP contribution in [0.4, 0.5) is 0 Å². The lowest BCUT2D eigenvalue weighted by Crippen LogP contribution is -2.52. The van der Waals surface area contributed by atoms with Crippen molar-refractivity contribution < 1.29 is 9.59 Å². The highest BCUT2D eigenvalue weighted by molar-refractivity contribution is 5.77. The number of aromatic nitrogens is 1. The lowest BCUT2D eigenvalue weighted by Gasteiger charge is -2.47. The van der Waals surface area contributed by atoms with Crippen LogP contribution in [0.15, 0.2) is 18.3 Å². The molecule has 126 valence electrons. The molecule has 23 heavy (non-hydrogen) atoms. The van der Waals surface area contributed by atoms with E-state index in [1.807, 2.05) is 28.1 Å². The van der Waals surface area contributed by atoms with Crippen molar-refractivity contribution in [3.8, 4) is 0 Å². The third-order valence-corrected chi connectivity index (χ3v) is 5.58. The zero-order valence-electron chi connectivity index (χ0n) is 14.0. The van der Waals surface area contributed by atoms with Crippen LogP contribution in [0.2, 0.25) is 0 Å². The minimum Gasteiger partial charge on any atom is -0.365 e. The second kappa shape index (κ2) is 6.77. The lowest BCUT2D eigenvalue weighted by molar-refractivity contribution is -0.142. The van der Waals surface area contributed by atoms with Crippen molar-refractivity contribution in [1.82, 2.24) is 14.8 Å². The van der Waals surface area contributed by atoms with Gasteiger partial charge in [-0.15, -0.1) is 0 Å². The number of hydrogen-bond acceptors (Lipinski definition) is 2. The van der Waals surface area contributed by atoms with Gasteiger partial charge in [-0.2, -0.15) is 0 Å². The van der Waals surface area contributed by atoms with E-state index in [9.17, 15) is 9.59 Å². The van der Waals surface area contributed by atoms with Gasteiger partial charge in [0.2, 0.25) is 11.8 Å². The van der Waals surface area contributed by atoms with Gasteiger partial charge in [0.25, 0.3) is 0 Å². The Morgan fingerprint density at radius 2 is 2.09 bits per heavy atom. The largest absolute Gasteiger partial charge is 0.365 e. The average Bonchev–Trinajstić information content (AvgIpc) is 3.09. The molecule has 0 aromatic carbocycles. The van der Waals surface area contributed by atoms with Crippen LogP contribution in [-0.4, -0.2) is 52.8 Å². The van der Waals surface area contributed by atoms with Gasteiger partial charge in [-0.1, -0.05) is 0 Å². The molecule has 2 saturated heterocycles. The van der Waals surface area contributed by atoms with E-state index in [1.54, 1.807) is 0 Å². The minimum atomic E-state index is 0.250. The van der Waals surface area contributed by atoms with Crippen LogP contribution < -0.4 is 0 Å². The molecule has 1 aromatic rings. The highest BCUT2D eigenvalue weighted by Gasteiger charge is 2.41. The summed E-state index contributed by atoms with van der Waals surface area (Å²) in [6.07, 6.45) is 6.99. The third-order valence-electron chi connectivity index (χ3n) is 5.58. The van der Waals surface area contributed by atoms with Crippen molar-refractivity contribution in [2.45, 2.75) is 45.4 Å². The van der Waals surface area contributed by atoms with E-state index in [0.717, 1.165) is 57.6 Å². The molecule has 0 aliphatic carbocycles. The molecular weight excluding hydrogens is 290 g/mol. The van der Waals surface area contributed by atoms with Crippen molar-refractivity contribution in [2.24, 2.45) is 5.41 Å². The Balaban J connectivity index is 1.49. The standard InChI is InChI=1S/C18H27N3O2/c1-2-20-14-18(8-7-17(20)23)9-12-21(13-10-18)16(22)6-5-15-4-3-11-19-15/h3-4,11,19H,2,5-10,12-14H2,1H3. The number of aryl methyl sites for hydroxylation is 1. The zero-order chi connectivity index (χ0) is 16.3. The maximum absolute atomic E-state index is 12.4. The molecule has 5 heteroatoms. The molecule has 1 aromatic heterocycles. The number of nitrogens with zero attached hydrogens (tertiary/aromatic N) is 2. The van der Waals surface area contributed by atoms with Crippen molar-refractivity contribution in [3.05, 3.63) is 24.0 Å². The molecule has 0 unspecified atom stereocenters. The van der Waals surface area contributed by atoms with Gasteiger partial charge in [-0.3, -0.25) is 9.59 Å². The summed E-state index contributed by atoms with van der Waals surface area (Å²) in [5.74, 6) is 0.552. The summed E-state index contributed by atoms with van der Waals surface area (Å²) in [6.45, 7) is 5.42. The first-order valence-corrected chi connectivity index (χ1v) is 8.80. The topological polar surface area (TPSA) is 56.4 Å². The number of carbonyl (C=O) groups excluding carboxylic acids is 2. The van der Waals surface area contributed by atoms with Gasteiger partial charge in [0.15, 0.2) is 0 Å². The molecule has 2 aliphatic rings. The summed E-state index contributed by atoms with van der Waals surface area (Å²) in [7, 11) is 0. The number of nitrogens with one attached hydrogen (secondary N) is 1. The fraction of sp³-hybridized carbons (Fsp3) is 0.667. The van der Waals surface area contributed by atoms with E-state index in [-0.39, 0.29) is 11.3 Å². The normalized spacial score (nSPS) is 21.0. The van der Waals surface area contributed by atoms with Gasteiger partial charge < -0.3 is 14.8 Å². The molecule has 1 spiro atoms. The summed E-state index contributed by atoms with van der Waals surface area (Å²) in [5, 5.41) is 0. The van der Waals surface area contributed by atoms with Gasteiger partial charge in [0.05, 0.1) is 0 Å². The Hall–Kier alpha value is -1.78. The number of aromatic amines is 1. The van der Waals surface area contributed by atoms with Gasteiger partial charge >= 0.3 is 0 Å². The SMILES string of the molecule is CCN1CC2(CCC1=O)CCN(C(=O)CCc1ccc[nH]1)CC2. The second-order valence-electron chi connectivity index (χ2n) is 6.98. The number of hydrogen-bond donors (Lipinski definition) is 1. The second-order valence-corrected chi connectivity index (χ2v) is 6.98.